The summed E-state index contributed by atoms with van der Waals surface area (Å²) < 4.78 is 0. The average Bonchev–Trinajstić information content (AvgIpc) is 2.52. The molecule has 0 aliphatic carbocycles. The third-order valence-electron chi connectivity index (χ3n) is 3.83. The lowest BCUT2D eigenvalue weighted by molar-refractivity contribution is 0.546. The van der Waals surface area contributed by atoms with Crippen molar-refractivity contribution in [3.63, 3.8) is 0 Å². The zero-order chi connectivity index (χ0) is 17.5. The van der Waals surface area contributed by atoms with E-state index in [1.807, 2.05) is 13.0 Å². The smallest absolute Gasteiger partial charge is 0.226 e. The molecule has 0 saturated carbocycles. The van der Waals surface area contributed by atoms with Crippen LogP contribution >= 0.6 is 0 Å². The van der Waals surface area contributed by atoms with E-state index in [4.69, 9.17) is 4.98 Å². The van der Waals surface area contributed by atoms with Crippen molar-refractivity contribution in [2.24, 2.45) is 5.92 Å². The second-order valence-corrected chi connectivity index (χ2v) is 7.03. The molecule has 1 N–H and O–H groups in total. The summed E-state index contributed by atoms with van der Waals surface area (Å²) in [6.45, 7) is 13.4. The van der Waals surface area contributed by atoms with Gasteiger partial charge in [-0.2, -0.15) is 0 Å². The predicted molar refractivity (Wildman–Crippen MR) is 101 cm³/mol. The molecule has 0 saturated heterocycles. The van der Waals surface area contributed by atoms with Crippen LogP contribution in [0.1, 0.15) is 44.6 Å². The number of aromatic nitrogens is 2. The molecule has 2 aromatic rings. The Labute approximate surface area is 146 Å². The van der Waals surface area contributed by atoms with Gasteiger partial charge in [-0.15, -0.1) is 0 Å². The Balaban J connectivity index is 2.18. The van der Waals surface area contributed by atoms with Gasteiger partial charge >= 0.3 is 0 Å². The first-order valence-electron chi connectivity index (χ1n) is 8.81. The highest BCUT2D eigenvalue weighted by Gasteiger charge is 2.15. The summed E-state index contributed by atoms with van der Waals surface area (Å²) in [6, 6.07) is 12.9. The van der Waals surface area contributed by atoms with Gasteiger partial charge in [0.05, 0.1) is 5.69 Å². The molecule has 2 rings (SSSR count). The summed E-state index contributed by atoms with van der Waals surface area (Å²) in [6.07, 6.45) is 0. The van der Waals surface area contributed by atoms with E-state index in [-0.39, 0.29) is 0 Å². The van der Waals surface area contributed by atoms with E-state index in [9.17, 15) is 0 Å². The van der Waals surface area contributed by atoms with Gasteiger partial charge in [0.2, 0.25) is 5.95 Å². The first-order chi connectivity index (χ1) is 11.5. The molecule has 0 aliphatic rings. The molecule has 0 bridgehead atoms. The summed E-state index contributed by atoms with van der Waals surface area (Å²) in [7, 11) is 0. The van der Waals surface area contributed by atoms with Crippen molar-refractivity contribution < 1.29 is 0 Å². The summed E-state index contributed by atoms with van der Waals surface area (Å²) >= 11 is 0. The molecule has 1 aromatic heterocycles. The molecule has 4 heteroatoms. The first kappa shape index (κ1) is 18.4. The lowest BCUT2D eigenvalue weighted by atomic mass is 10.2. The summed E-state index contributed by atoms with van der Waals surface area (Å²) in [4.78, 5) is 11.7. The van der Waals surface area contributed by atoms with E-state index in [1.165, 1.54) is 5.56 Å². The lowest BCUT2D eigenvalue weighted by Gasteiger charge is -2.27. The molecular formula is C20H30N4. The van der Waals surface area contributed by atoms with Crippen LogP contribution in [0.25, 0.3) is 0 Å². The fourth-order valence-corrected chi connectivity index (χ4v) is 2.59. The minimum absolute atomic E-state index is 0.337. The number of nitrogens with zero attached hydrogens (tertiary/aromatic N) is 3. The number of benzene rings is 1. The first-order valence-corrected chi connectivity index (χ1v) is 8.81. The van der Waals surface area contributed by atoms with Crippen LogP contribution in [0.5, 0.6) is 0 Å². The van der Waals surface area contributed by atoms with Gasteiger partial charge in [-0.1, -0.05) is 44.2 Å². The molecule has 0 aliphatic heterocycles. The highest BCUT2D eigenvalue weighted by atomic mass is 15.3. The predicted octanol–water partition coefficient (Wildman–Crippen LogP) is 3.95. The molecule has 0 unspecified atom stereocenters. The number of anilines is 1. The van der Waals surface area contributed by atoms with Crippen molar-refractivity contribution >= 4 is 5.95 Å². The van der Waals surface area contributed by atoms with Crippen LogP contribution in [0, 0.1) is 12.8 Å². The van der Waals surface area contributed by atoms with Crippen molar-refractivity contribution in [1.82, 2.24) is 15.3 Å². The van der Waals surface area contributed by atoms with Crippen LogP contribution in [-0.2, 0) is 13.1 Å². The van der Waals surface area contributed by atoms with Gasteiger partial charge in [-0.25, -0.2) is 9.97 Å². The van der Waals surface area contributed by atoms with Crippen molar-refractivity contribution in [2.45, 2.75) is 53.8 Å². The van der Waals surface area contributed by atoms with Crippen LogP contribution < -0.4 is 10.2 Å². The summed E-state index contributed by atoms with van der Waals surface area (Å²) in [5.41, 5.74) is 3.34. The minimum atomic E-state index is 0.337. The highest BCUT2D eigenvalue weighted by molar-refractivity contribution is 5.35. The molecule has 1 heterocycles. The molecule has 0 fully saturated rings. The molecule has 130 valence electrons. The Morgan fingerprint density at radius 3 is 2.38 bits per heavy atom. The fourth-order valence-electron chi connectivity index (χ4n) is 2.59. The van der Waals surface area contributed by atoms with Crippen LogP contribution in [-0.4, -0.2) is 22.6 Å². The largest absolute Gasteiger partial charge is 0.334 e. The van der Waals surface area contributed by atoms with Gasteiger partial charge in [0, 0.05) is 24.8 Å². The fraction of sp³-hybridized carbons (Fsp3) is 0.500. The molecule has 0 radical (unpaired) electrons. The summed E-state index contributed by atoms with van der Waals surface area (Å²) in [5.74, 6) is 1.45. The SMILES string of the molecule is Cc1cc(CNCC(C)C)nc(N(Cc2ccccc2)C(C)C)n1. The Kier molecular flexibility index (Phi) is 6.73. The number of aryl methyl sites for hydroxylation is 1. The van der Waals surface area contributed by atoms with E-state index in [2.05, 4.69) is 73.2 Å². The molecule has 0 amide bonds. The lowest BCUT2D eigenvalue weighted by Crippen LogP contribution is -2.32. The standard InChI is InChI=1S/C20H30N4/c1-15(2)12-21-13-19-11-17(5)22-20(23-19)24(16(3)4)14-18-9-7-6-8-10-18/h6-11,15-16,21H,12-14H2,1-5H3. The Bertz CT molecular complexity index is 623. The normalized spacial score (nSPS) is 11.3. The maximum atomic E-state index is 4.80. The van der Waals surface area contributed by atoms with Crippen molar-refractivity contribution in [2.75, 3.05) is 11.4 Å². The van der Waals surface area contributed by atoms with E-state index in [0.29, 0.717) is 12.0 Å². The number of hydrogen-bond donors (Lipinski definition) is 1. The second kappa shape index (κ2) is 8.78. The van der Waals surface area contributed by atoms with Crippen molar-refractivity contribution in [1.29, 1.82) is 0 Å². The third kappa shape index (κ3) is 5.60. The maximum absolute atomic E-state index is 4.80. The van der Waals surface area contributed by atoms with Crippen LogP contribution in [0.3, 0.4) is 0 Å². The third-order valence-corrected chi connectivity index (χ3v) is 3.83. The topological polar surface area (TPSA) is 41.1 Å². The Hall–Kier alpha value is -1.94. The zero-order valence-corrected chi connectivity index (χ0v) is 15.6. The maximum Gasteiger partial charge on any atom is 0.226 e. The molecule has 0 atom stereocenters. The van der Waals surface area contributed by atoms with Crippen LogP contribution in [0.4, 0.5) is 5.95 Å². The molecule has 0 spiro atoms. The van der Waals surface area contributed by atoms with E-state index in [0.717, 1.165) is 37.0 Å². The zero-order valence-electron chi connectivity index (χ0n) is 15.6. The number of rotatable bonds is 8. The monoisotopic (exact) mass is 326 g/mol. The second-order valence-electron chi connectivity index (χ2n) is 7.03. The van der Waals surface area contributed by atoms with E-state index >= 15 is 0 Å². The van der Waals surface area contributed by atoms with Gasteiger partial charge in [0.1, 0.15) is 0 Å². The van der Waals surface area contributed by atoms with Crippen LogP contribution in [0.15, 0.2) is 36.4 Å². The van der Waals surface area contributed by atoms with Crippen molar-refractivity contribution in [3.8, 4) is 0 Å². The number of hydrogen-bond acceptors (Lipinski definition) is 4. The number of nitrogens with one attached hydrogen (secondary N) is 1. The van der Waals surface area contributed by atoms with Gasteiger partial charge < -0.3 is 10.2 Å². The Morgan fingerprint density at radius 1 is 1.04 bits per heavy atom. The Morgan fingerprint density at radius 2 is 1.75 bits per heavy atom. The molecule has 24 heavy (non-hydrogen) atoms. The molecule has 1 aromatic carbocycles. The summed E-state index contributed by atoms with van der Waals surface area (Å²) in [5, 5.41) is 3.46. The minimum Gasteiger partial charge on any atom is -0.334 e. The van der Waals surface area contributed by atoms with Crippen LogP contribution in [0.2, 0.25) is 0 Å². The highest BCUT2D eigenvalue weighted by Crippen LogP contribution is 2.17. The van der Waals surface area contributed by atoms with Crippen molar-refractivity contribution in [3.05, 3.63) is 53.3 Å². The molecule has 4 nitrogen and oxygen atoms in total. The average molecular weight is 326 g/mol. The van der Waals surface area contributed by atoms with Gasteiger partial charge in [0.15, 0.2) is 0 Å². The van der Waals surface area contributed by atoms with E-state index in [1.54, 1.807) is 0 Å². The van der Waals surface area contributed by atoms with Gasteiger partial charge in [-0.05, 0) is 44.9 Å². The van der Waals surface area contributed by atoms with Gasteiger partial charge in [0.25, 0.3) is 0 Å². The van der Waals surface area contributed by atoms with Gasteiger partial charge in [-0.3, -0.25) is 0 Å². The molecular weight excluding hydrogens is 296 g/mol. The quantitative estimate of drug-likeness (QED) is 0.797. The van der Waals surface area contributed by atoms with E-state index < -0.39 is 0 Å².